The van der Waals surface area contributed by atoms with Gasteiger partial charge in [0.15, 0.2) is 0 Å². The lowest BCUT2D eigenvalue weighted by Crippen LogP contribution is -1.91. The second kappa shape index (κ2) is 2.38. The Bertz CT molecular complexity index is 170. The van der Waals surface area contributed by atoms with Gasteiger partial charge in [0, 0.05) is 0 Å². The van der Waals surface area contributed by atoms with Crippen molar-refractivity contribution in [3.63, 3.8) is 0 Å². The summed E-state index contributed by atoms with van der Waals surface area (Å²) in [5.41, 5.74) is 4.55. The minimum absolute atomic E-state index is 1.27. The summed E-state index contributed by atoms with van der Waals surface area (Å²) in [7, 11) is 0. The van der Waals surface area contributed by atoms with E-state index in [2.05, 4.69) is 26.8 Å². The molecular formula is C9H14. The van der Waals surface area contributed by atoms with Gasteiger partial charge in [0.2, 0.25) is 0 Å². The molecule has 0 aliphatic heterocycles. The molecule has 0 aromatic heterocycles. The van der Waals surface area contributed by atoms with Crippen molar-refractivity contribution in [2.45, 2.75) is 33.6 Å². The summed E-state index contributed by atoms with van der Waals surface area (Å²) < 4.78 is 0. The second-order valence-corrected chi connectivity index (χ2v) is 2.95. The summed E-state index contributed by atoms with van der Waals surface area (Å²) in [6.45, 7) is 6.62. The number of hydrogen-bond acceptors (Lipinski definition) is 0. The van der Waals surface area contributed by atoms with Crippen molar-refractivity contribution in [1.29, 1.82) is 0 Å². The first-order valence-electron chi connectivity index (χ1n) is 3.53. The zero-order valence-corrected chi connectivity index (χ0v) is 6.49. The van der Waals surface area contributed by atoms with Gasteiger partial charge in [0.25, 0.3) is 0 Å². The van der Waals surface area contributed by atoms with Gasteiger partial charge in [0.05, 0.1) is 0 Å². The fourth-order valence-corrected chi connectivity index (χ4v) is 1.15. The monoisotopic (exact) mass is 122 g/mol. The van der Waals surface area contributed by atoms with Crippen molar-refractivity contribution in [2.24, 2.45) is 0 Å². The minimum Gasteiger partial charge on any atom is -0.0727 e. The van der Waals surface area contributed by atoms with Crippen LogP contribution in [0.5, 0.6) is 0 Å². The molecule has 0 spiro atoms. The van der Waals surface area contributed by atoms with Crippen molar-refractivity contribution >= 4 is 0 Å². The molecule has 1 rings (SSSR count). The highest BCUT2D eigenvalue weighted by atomic mass is 14.1. The van der Waals surface area contributed by atoms with Gasteiger partial charge in [-0.1, -0.05) is 22.8 Å². The molecule has 0 saturated carbocycles. The summed E-state index contributed by atoms with van der Waals surface area (Å²) in [6.07, 6.45) is 4.83. The van der Waals surface area contributed by atoms with Crippen LogP contribution in [0.1, 0.15) is 33.6 Å². The highest BCUT2D eigenvalue weighted by Gasteiger charge is 2.01. The molecule has 0 aromatic rings. The fourth-order valence-electron chi connectivity index (χ4n) is 1.15. The lowest BCUT2D eigenvalue weighted by molar-refractivity contribution is 0.887. The molecule has 0 amide bonds. The number of allylic oxidation sites excluding steroid dienone is 4. The molecule has 0 unspecified atom stereocenters. The summed E-state index contributed by atoms with van der Waals surface area (Å²) in [6, 6.07) is 0. The van der Waals surface area contributed by atoms with E-state index < -0.39 is 0 Å². The fraction of sp³-hybridized carbons (Fsp3) is 0.556. The van der Waals surface area contributed by atoms with E-state index in [9.17, 15) is 0 Å². The Morgan fingerprint density at radius 2 is 1.78 bits per heavy atom. The first-order chi connectivity index (χ1) is 4.20. The van der Waals surface area contributed by atoms with E-state index >= 15 is 0 Å². The first-order valence-corrected chi connectivity index (χ1v) is 3.53. The van der Waals surface area contributed by atoms with E-state index in [0.29, 0.717) is 0 Å². The van der Waals surface area contributed by atoms with Crippen LogP contribution in [0.4, 0.5) is 0 Å². The molecule has 1 aliphatic carbocycles. The zero-order chi connectivity index (χ0) is 6.85. The minimum atomic E-state index is 1.27. The average Bonchev–Trinajstić information content (AvgIpc) is 1.80. The largest absolute Gasteiger partial charge is 0.0727 e. The second-order valence-electron chi connectivity index (χ2n) is 2.95. The Balaban J connectivity index is 2.83. The standard InChI is InChI=1S/C9H14/c1-7-4-5-8(2)9(3)6-7/h6H,4-5H2,1-3H3. The molecule has 0 radical (unpaired) electrons. The summed E-state index contributed by atoms with van der Waals surface area (Å²) in [5, 5.41) is 0. The van der Waals surface area contributed by atoms with Gasteiger partial charge in [-0.2, -0.15) is 0 Å². The van der Waals surface area contributed by atoms with Crippen LogP contribution in [0, 0.1) is 0 Å². The Kier molecular flexibility index (Phi) is 1.75. The Morgan fingerprint density at radius 3 is 2.22 bits per heavy atom. The molecule has 50 valence electrons. The van der Waals surface area contributed by atoms with E-state index in [1.54, 1.807) is 5.57 Å². The van der Waals surface area contributed by atoms with E-state index in [4.69, 9.17) is 0 Å². The Morgan fingerprint density at radius 1 is 1.11 bits per heavy atom. The summed E-state index contributed by atoms with van der Waals surface area (Å²) in [5.74, 6) is 0. The topological polar surface area (TPSA) is 0 Å². The third-order valence-corrected chi connectivity index (χ3v) is 2.03. The van der Waals surface area contributed by atoms with Crippen molar-refractivity contribution in [1.82, 2.24) is 0 Å². The molecular weight excluding hydrogens is 108 g/mol. The lowest BCUT2D eigenvalue weighted by atomic mass is 9.95. The maximum Gasteiger partial charge on any atom is -0.0280 e. The van der Waals surface area contributed by atoms with E-state index in [0.717, 1.165) is 0 Å². The van der Waals surface area contributed by atoms with Crippen LogP contribution in [0.25, 0.3) is 0 Å². The third kappa shape index (κ3) is 1.44. The van der Waals surface area contributed by atoms with E-state index in [-0.39, 0.29) is 0 Å². The zero-order valence-electron chi connectivity index (χ0n) is 6.49. The molecule has 0 fully saturated rings. The molecule has 0 heterocycles. The van der Waals surface area contributed by atoms with E-state index in [1.807, 2.05) is 0 Å². The quantitative estimate of drug-likeness (QED) is 0.463. The van der Waals surface area contributed by atoms with E-state index in [1.165, 1.54) is 24.0 Å². The van der Waals surface area contributed by atoms with Crippen molar-refractivity contribution in [2.75, 3.05) is 0 Å². The van der Waals surface area contributed by atoms with Crippen LogP contribution in [0.3, 0.4) is 0 Å². The van der Waals surface area contributed by atoms with Crippen LogP contribution in [0.15, 0.2) is 22.8 Å². The molecule has 0 bridgehead atoms. The van der Waals surface area contributed by atoms with Crippen LogP contribution in [-0.4, -0.2) is 0 Å². The first kappa shape index (κ1) is 6.60. The lowest BCUT2D eigenvalue weighted by Gasteiger charge is -2.11. The predicted octanol–water partition coefficient (Wildman–Crippen LogP) is 3.06. The normalized spacial score (nSPS) is 20.1. The van der Waals surface area contributed by atoms with Crippen LogP contribution < -0.4 is 0 Å². The van der Waals surface area contributed by atoms with Crippen molar-refractivity contribution in [3.05, 3.63) is 22.8 Å². The predicted molar refractivity (Wildman–Crippen MR) is 41.4 cm³/mol. The highest BCUT2D eigenvalue weighted by molar-refractivity contribution is 5.29. The molecule has 0 N–H and O–H groups in total. The van der Waals surface area contributed by atoms with Gasteiger partial charge in [-0.05, 0) is 33.6 Å². The van der Waals surface area contributed by atoms with Gasteiger partial charge in [-0.15, -0.1) is 0 Å². The smallest absolute Gasteiger partial charge is 0.0280 e. The van der Waals surface area contributed by atoms with Gasteiger partial charge in [-0.25, -0.2) is 0 Å². The number of hydrogen-bond donors (Lipinski definition) is 0. The summed E-state index contributed by atoms with van der Waals surface area (Å²) in [4.78, 5) is 0. The van der Waals surface area contributed by atoms with Crippen LogP contribution in [0.2, 0.25) is 0 Å². The van der Waals surface area contributed by atoms with Crippen molar-refractivity contribution in [3.8, 4) is 0 Å². The third-order valence-electron chi connectivity index (χ3n) is 2.03. The number of rotatable bonds is 0. The molecule has 0 nitrogen and oxygen atoms in total. The maximum atomic E-state index is 2.29. The Hall–Kier alpha value is -0.520. The highest BCUT2D eigenvalue weighted by Crippen LogP contribution is 2.22. The SMILES string of the molecule is CC1=CC(C)=C(C)CC1. The van der Waals surface area contributed by atoms with Crippen molar-refractivity contribution < 1.29 is 0 Å². The molecule has 0 atom stereocenters. The van der Waals surface area contributed by atoms with Gasteiger partial charge < -0.3 is 0 Å². The van der Waals surface area contributed by atoms with Crippen LogP contribution >= 0.6 is 0 Å². The van der Waals surface area contributed by atoms with Gasteiger partial charge in [0.1, 0.15) is 0 Å². The van der Waals surface area contributed by atoms with Gasteiger partial charge in [-0.3, -0.25) is 0 Å². The average molecular weight is 122 g/mol. The molecule has 1 aliphatic rings. The van der Waals surface area contributed by atoms with Gasteiger partial charge >= 0.3 is 0 Å². The maximum absolute atomic E-state index is 2.29. The Labute approximate surface area is 57.3 Å². The molecule has 9 heavy (non-hydrogen) atoms. The van der Waals surface area contributed by atoms with Crippen LogP contribution in [-0.2, 0) is 0 Å². The molecule has 0 saturated heterocycles. The molecule has 0 heteroatoms. The summed E-state index contributed by atoms with van der Waals surface area (Å²) >= 11 is 0. The molecule has 0 aromatic carbocycles.